The van der Waals surface area contributed by atoms with Gasteiger partial charge in [0.25, 0.3) is 11.5 Å². The van der Waals surface area contributed by atoms with Crippen LogP contribution in [-0.2, 0) is 4.79 Å². The Labute approximate surface area is 114 Å². The van der Waals surface area contributed by atoms with Crippen LogP contribution in [0.5, 0.6) is 0 Å². The van der Waals surface area contributed by atoms with Gasteiger partial charge in [-0.05, 0) is 26.8 Å². The van der Waals surface area contributed by atoms with Crippen LogP contribution < -0.4 is 10.9 Å². The second-order valence-corrected chi connectivity index (χ2v) is 5.07. The molecule has 6 nitrogen and oxygen atoms in total. The lowest BCUT2D eigenvalue weighted by atomic mass is 10.3. The normalized spacial score (nSPS) is 12.2. The van der Waals surface area contributed by atoms with Crippen LogP contribution in [0.1, 0.15) is 24.4 Å². The highest BCUT2D eigenvalue weighted by Crippen LogP contribution is 2.16. The fourth-order valence-electron chi connectivity index (χ4n) is 1.53. The van der Waals surface area contributed by atoms with E-state index in [4.69, 9.17) is 0 Å². The summed E-state index contributed by atoms with van der Waals surface area (Å²) < 4.78 is 1.17. The maximum atomic E-state index is 12.0. The molecule has 0 saturated carbocycles. The minimum absolute atomic E-state index is 0.302. The van der Waals surface area contributed by atoms with Crippen LogP contribution in [0.3, 0.4) is 0 Å². The number of carbonyl (C=O) groups excluding carboxylic acids is 1. The molecule has 1 N–H and O–H groups in total. The molecule has 19 heavy (non-hydrogen) atoms. The average molecular weight is 278 g/mol. The maximum absolute atomic E-state index is 12.0. The average Bonchev–Trinajstić information content (AvgIpc) is 2.77. The third-order valence-electron chi connectivity index (χ3n) is 2.55. The van der Waals surface area contributed by atoms with Crippen molar-refractivity contribution in [1.29, 1.82) is 0 Å². The number of aryl methyl sites for hydroxylation is 2. The highest BCUT2D eigenvalue weighted by molar-refractivity contribution is 7.13. The van der Waals surface area contributed by atoms with Gasteiger partial charge in [0.1, 0.15) is 6.04 Å². The van der Waals surface area contributed by atoms with Crippen molar-refractivity contribution < 1.29 is 4.79 Å². The zero-order valence-electron chi connectivity index (χ0n) is 10.9. The molecule has 2 heterocycles. The number of amides is 1. The number of carbonyl (C=O) groups is 1. The lowest BCUT2D eigenvalue weighted by molar-refractivity contribution is -0.119. The summed E-state index contributed by atoms with van der Waals surface area (Å²) in [6.45, 7) is 5.25. The van der Waals surface area contributed by atoms with Gasteiger partial charge in [0, 0.05) is 11.4 Å². The molecule has 2 aromatic heterocycles. The molecule has 0 bridgehead atoms. The van der Waals surface area contributed by atoms with Crippen LogP contribution in [0.4, 0.5) is 5.13 Å². The Morgan fingerprint density at radius 3 is 2.74 bits per heavy atom. The summed E-state index contributed by atoms with van der Waals surface area (Å²) in [6.07, 6.45) is 0. The number of aromatic nitrogens is 3. The highest BCUT2D eigenvalue weighted by Gasteiger charge is 2.18. The number of hydrogen-bond acceptors (Lipinski definition) is 5. The van der Waals surface area contributed by atoms with E-state index in [-0.39, 0.29) is 11.5 Å². The number of rotatable bonds is 3. The predicted molar refractivity (Wildman–Crippen MR) is 73.4 cm³/mol. The first-order chi connectivity index (χ1) is 8.97. The Hall–Kier alpha value is -2.02. The summed E-state index contributed by atoms with van der Waals surface area (Å²) in [4.78, 5) is 27.9. The van der Waals surface area contributed by atoms with Gasteiger partial charge in [-0.15, -0.1) is 11.3 Å². The quantitative estimate of drug-likeness (QED) is 0.923. The number of nitrogens with one attached hydrogen (secondary N) is 1. The van der Waals surface area contributed by atoms with Gasteiger partial charge in [-0.1, -0.05) is 0 Å². The summed E-state index contributed by atoms with van der Waals surface area (Å²) in [5, 5.41) is 9.11. The smallest absolute Gasteiger partial charge is 0.267 e. The van der Waals surface area contributed by atoms with Crippen molar-refractivity contribution in [1.82, 2.24) is 14.8 Å². The minimum Gasteiger partial charge on any atom is -0.300 e. The van der Waals surface area contributed by atoms with E-state index in [1.54, 1.807) is 19.9 Å². The van der Waals surface area contributed by atoms with Crippen LogP contribution in [-0.4, -0.2) is 20.7 Å². The molecular weight excluding hydrogens is 264 g/mol. The number of anilines is 1. The Balaban J connectivity index is 2.19. The zero-order chi connectivity index (χ0) is 14.0. The van der Waals surface area contributed by atoms with Crippen molar-refractivity contribution in [3.63, 3.8) is 0 Å². The van der Waals surface area contributed by atoms with Crippen molar-refractivity contribution >= 4 is 22.4 Å². The molecule has 0 fully saturated rings. The van der Waals surface area contributed by atoms with E-state index in [1.165, 1.54) is 22.1 Å². The molecule has 1 unspecified atom stereocenters. The minimum atomic E-state index is -0.684. The van der Waals surface area contributed by atoms with Gasteiger partial charge in [-0.2, -0.15) is 5.10 Å². The molecule has 2 aromatic rings. The van der Waals surface area contributed by atoms with Crippen molar-refractivity contribution in [3.05, 3.63) is 39.3 Å². The molecule has 2 rings (SSSR count). The van der Waals surface area contributed by atoms with E-state index in [2.05, 4.69) is 15.4 Å². The standard InChI is InChI=1S/C12H14N4O2S/c1-7-4-5-10(17)16(15-7)9(3)11(18)14-12-13-8(2)6-19-12/h4-6,9H,1-3H3,(H,13,14,18). The molecule has 0 radical (unpaired) electrons. The monoisotopic (exact) mass is 278 g/mol. The second-order valence-electron chi connectivity index (χ2n) is 4.22. The van der Waals surface area contributed by atoms with Gasteiger partial charge >= 0.3 is 0 Å². The molecule has 0 aliphatic carbocycles. The molecule has 7 heteroatoms. The molecule has 0 aliphatic rings. The van der Waals surface area contributed by atoms with Crippen molar-refractivity contribution in [2.45, 2.75) is 26.8 Å². The highest BCUT2D eigenvalue weighted by atomic mass is 32.1. The van der Waals surface area contributed by atoms with Gasteiger partial charge in [-0.25, -0.2) is 9.67 Å². The molecular formula is C12H14N4O2S. The first-order valence-electron chi connectivity index (χ1n) is 5.77. The number of nitrogens with zero attached hydrogens (tertiary/aromatic N) is 3. The van der Waals surface area contributed by atoms with E-state index < -0.39 is 6.04 Å². The van der Waals surface area contributed by atoms with Crippen LogP contribution in [0.25, 0.3) is 0 Å². The van der Waals surface area contributed by atoms with Gasteiger partial charge in [0.05, 0.1) is 11.4 Å². The molecule has 1 atom stereocenters. The lowest BCUT2D eigenvalue weighted by Gasteiger charge is -2.12. The fraction of sp³-hybridized carbons (Fsp3) is 0.333. The third kappa shape index (κ3) is 3.05. The molecule has 0 saturated heterocycles. The summed E-state index contributed by atoms with van der Waals surface area (Å²) in [6, 6.07) is 2.34. The Morgan fingerprint density at radius 2 is 2.11 bits per heavy atom. The van der Waals surface area contributed by atoms with Crippen LogP contribution in [0.2, 0.25) is 0 Å². The maximum Gasteiger partial charge on any atom is 0.267 e. The summed E-state index contributed by atoms with van der Waals surface area (Å²) in [7, 11) is 0. The van der Waals surface area contributed by atoms with Gasteiger partial charge in [-0.3, -0.25) is 9.59 Å². The Bertz CT molecular complexity index is 662. The van der Waals surface area contributed by atoms with E-state index in [0.29, 0.717) is 10.8 Å². The molecule has 100 valence electrons. The molecule has 0 spiro atoms. The van der Waals surface area contributed by atoms with Crippen LogP contribution >= 0.6 is 11.3 Å². The number of thiazole rings is 1. The number of hydrogen-bond donors (Lipinski definition) is 1. The topological polar surface area (TPSA) is 76.9 Å². The molecule has 1 amide bonds. The summed E-state index contributed by atoms with van der Waals surface area (Å²) in [5.41, 5.74) is 1.23. The lowest BCUT2D eigenvalue weighted by Crippen LogP contribution is -2.33. The predicted octanol–water partition coefficient (Wildman–Crippen LogP) is 1.52. The van der Waals surface area contributed by atoms with Gasteiger partial charge in [0.2, 0.25) is 0 Å². The van der Waals surface area contributed by atoms with E-state index >= 15 is 0 Å². The largest absolute Gasteiger partial charge is 0.300 e. The summed E-state index contributed by atoms with van der Waals surface area (Å²) in [5.74, 6) is -0.311. The van der Waals surface area contributed by atoms with Gasteiger partial charge in [0.15, 0.2) is 5.13 Å². The third-order valence-corrected chi connectivity index (χ3v) is 3.43. The van der Waals surface area contributed by atoms with Gasteiger partial charge < -0.3 is 5.32 Å². The first kappa shape index (κ1) is 13.4. The summed E-state index contributed by atoms with van der Waals surface area (Å²) >= 11 is 1.35. The fourth-order valence-corrected chi connectivity index (χ4v) is 2.22. The molecule has 0 aliphatic heterocycles. The van der Waals surface area contributed by atoms with E-state index in [1.807, 2.05) is 12.3 Å². The Kier molecular flexibility index (Phi) is 3.75. The zero-order valence-corrected chi connectivity index (χ0v) is 11.7. The second kappa shape index (κ2) is 5.31. The SMILES string of the molecule is Cc1csc(NC(=O)C(C)n2nc(C)ccc2=O)n1. The van der Waals surface area contributed by atoms with E-state index in [9.17, 15) is 9.59 Å². The first-order valence-corrected chi connectivity index (χ1v) is 6.65. The van der Waals surface area contributed by atoms with Crippen molar-refractivity contribution in [2.75, 3.05) is 5.32 Å². The van der Waals surface area contributed by atoms with Crippen molar-refractivity contribution in [2.24, 2.45) is 0 Å². The molecule has 0 aromatic carbocycles. The van der Waals surface area contributed by atoms with Crippen LogP contribution in [0.15, 0.2) is 22.3 Å². The van der Waals surface area contributed by atoms with E-state index in [0.717, 1.165) is 5.69 Å². The Morgan fingerprint density at radius 1 is 1.37 bits per heavy atom. The van der Waals surface area contributed by atoms with Crippen molar-refractivity contribution in [3.8, 4) is 0 Å². The van der Waals surface area contributed by atoms with Crippen LogP contribution in [0, 0.1) is 13.8 Å².